The lowest BCUT2D eigenvalue weighted by molar-refractivity contribution is 0.0960. The molecule has 9 heteroatoms. The molecular formula is C23H25F2N5O2. The number of nitrogens with zero attached hydrogens (tertiary/aromatic N) is 3. The lowest BCUT2D eigenvalue weighted by atomic mass is 9.81. The molecule has 7 nitrogen and oxygen atoms in total. The number of carbonyl (C=O) groups is 1. The molecule has 32 heavy (non-hydrogen) atoms. The molecule has 0 spiro atoms. The Balaban J connectivity index is 1.79. The van der Waals surface area contributed by atoms with Gasteiger partial charge in [-0.15, -0.1) is 10.2 Å². The van der Waals surface area contributed by atoms with Crippen LogP contribution in [-0.2, 0) is 5.41 Å². The second-order valence-corrected chi connectivity index (χ2v) is 7.85. The van der Waals surface area contributed by atoms with Gasteiger partial charge < -0.3 is 15.7 Å². The Labute approximate surface area is 184 Å². The number of phenols is 1. The quantitative estimate of drug-likeness (QED) is 0.491. The lowest BCUT2D eigenvalue weighted by Gasteiger charge is -2.30. The number of anilines is 1. The summed E-state index contributed by atoms with van der Waals surface area (Å²) in [6.45, 7) is 3.38. The number of aromatic hydroxyl groups is 1. The number of alkyl halides is 1. The molecule has 0 bridgehead atoms. The fraction of sp³-hybridized carbons (Fsp3) is 0.304. The van der Waals surface area contributed by atoms with Gasteiger partial charge in [-0.3, -0.25) is 9.78 Å². The number of amides is 1. The van der Waals surface area contributed by atoms with Crippen LogP contribution < -0.4 is 10.6 Å². The highest BCUT2D eigenvalue weighted by Crippen LogP contribution is 2.31. The molecule has 2 aromatic heterocycles. The van der Waals surface area contributed by atoms with Crippen LogP contribution in [0.2, 0.25) is 0 Å². The predicted octanol–water partition coefficient (Wildman–Crippen LogP) is 3.86. The van der Waals surface area contributed by atoms with E-state index in [-0.39, 0.29) is 30.0 Å². The van der Waals surface area contributed by atoms with Crippen LogP contribution in [0.5, 0.6) is 5.75 Å². The number of pyridine rings is 1. The van der Waals surface area contributed by atoms with Crippen molar-refractivity contribution < 1.29 is 18.7 Å². The van der Waals surface area contributed by atoms with Gasteiger partial charge in [-0.2, -0.15) is 0 Å². The SMILES string of the molecule is CNC(=O)c1cc(-c2ccc(NC[C@](C)(C[C@H](C)F)c3ncccc3F)nn2)ccc1O. The predicted molar refractivity (Wildman–Crippen MR) is 118 cm³/mol. The van der Waals surface area contributed by atoms with Crippen molar-refractivity contribution in [3.63, 3.8) is 0 Å². The summed E-state index contributed by atoms with van der Waals surface area (Å²) in [6, 6.07) is 10.8. The van der Waals surface area contributed by atoms with Gasteiger partial charge in [0.15, 0.2) is 0 Å². The lowest BCUT2D eigenvalue weighted by Crippen LogP contribution is -2.35. The number of hydrogen-bond donors (Lipinski definition) is 3. The van der Waals surface area contributed by atoms with Crippen molar-refractivity contribution in [2.24, 2.45) is 0 Å². The molecule has 0 unspecified atom stereocenters. The van der Waals surface area contributed by atoms with E-state index in [1.54, 1.807) is 25.1 Å². The normalized spacial score (nSPS) is 13.8. The van der Waals surface area contributed by atoms with E-state index in [0.29, 0.717) is 17.1 Å². The maximum Gasteiger partial charge on any atom is 0.254 e. The average Bonchev–Trinajstić information content (AvgIpc) is 2.78. The van der Waals surface area contributed by atoms with Crippen molar-refractivity contribution in [3.05, 3.63) is 65.7 Å². The number of phenolic OH excluding ortho intramolecular Hbond substituents is 1. The first-order chi connectivity index (χ1) is 15.2. The fourth-order valence-electron chi connectivity index (χ4n) is 3.58. The van der Waals surface area contributed by atoms with E-state index in [0.717, 1.165) is 0 Å². The van der Waals surface area contributed by atoms with Gasteiger partial charge >= 0.3 is 0 Å². The molecule has 3 rings (SSSR count). The van der Waals surface area contributed by atoms with Crippen molar-refractivity contribution >= 4 is 11.7 Å². The summed E-state index contributed by atoms with van der Waals surface area (Å²) >= 11 is 0. The Bertz CT molecular complexity index is 1090. The van der Waals surface area contributed by atoms with Gasteiger partial charge in [0.05, 0.1) is 23.1 Å². The second-order valence-electron chi connectivity index (χ2n) is 7.85. The van der Waals surface area contributed by atoms with E-state index in [9.17, 15) is 18.7 Å². The summed E-state index contributed by atoms with van der Waals surface area (Å²) in [5.41, 5.74) is 0.512. The number of nitrogens with one attached hydrogen (secondary N) is 2. The summed E-state index contributed by atoms with van der Waals surface area (Å²) in [6.07, 6.45) is 0.411. The molecule has 168 valence electrons. The highest BCUT2D eigenvalue weighted by molar-refractivity contribution is 5.97. The third-order valence-electron chi connectivity index (χ3n) is 5.15. The Hall–Kier alpha value is -3.62. The summed E-state index contributed by atoms with van der Waals surface area (Å²) < 4.78 is 28.2. The van der Waals surface area contributed by atoms with Crippen LogP contribution in [-0.4, -0.2) is 46.0 Å². The fourth-order valence-corrected chi connectivity index (χ4v) is 3.58. The van der Waals surface area contributed by atoms with Crippen molar-refractivity contribution in [1.82, 2.24) is 20.5 Å². The van der Waals surface area contributed by atoms with Gasteiger partial charge in [-0.25, -0.2) is 8.78 Å². The largest absolute Gasteiger partial charge is 0.507 e. The molecule has 0 saturated carbocycles. The van der Waals surface area contributed by atoms with E-state index < -0.39 is 23.3 Å². The van der Waals surface area contributed by atoms with Crippen LogP contribution in [0.3, 0.4) is 0 Å². The van der Waals surface area contributed by atoms with Crippen molar-refractivity contribution in [3.8, 4) is 17.0 Å². The standard InChI is InChI=1S/C23H25F2N5O2/c1-14(24)12-23(2,21-17(25)5-4-10-27-21)13-28-20-9-7-18(29-30-20)15-6-8-19(31)16(11-15)22(32)26-3/h4-11,14,31H,12-13H2,1-3H3,(H,26,32)(H,28,30)/t14-,23-/m0/s1. The molecule has 0 fully saturated rings. The van der Waals surface area contributed by atoms with Crippen LogP contribution in [0.15, 0.2) is 48.7 Å². The van der Waals surface area contributed by atoms with Gasteiger partial charge in [0.1, 0.15) is 17.4 Å². The number of rotatable bonds is 8. The molecule has 0 aliphatic rings. The molecule has 2 atom stereocenters. The minimum atomic E-state index is -1.15. The smallest absolute Gasteiger partial charge is 0.254 e. The van der Waals surface area contributed by atoms with E-state index >= 15 is 0 Å². The third-order valence-corrected chi connectivity index (χ3v) is 5.15. The van der Waals surface area contributed by atoms with Gasteiger partial charge in [0.25, 0.3) is 5.91 Å². The molecule has 1 aromatic carbocycles. The summed E-state index contributed by atoms with van der Waals surface area (Å²) in [7, 11) is 1.48. The van der Waals surface area contributed by atoms with E-state index in [2.05, 4.69) is 25.8 Å². The summed E-state index contributed by atoms with van der Waals surface area (Å²) in [5, 5.41) is 23.7. The zero-order valence-corrected chi connectivity index (χ0v) is 18.1. The third kappa shape index (κ3) is 5.16. The van der Waals surface area contributed by atoms with E-state index in [1.807, 2.05) is 0 Å². The minimum absolute atomic E-state index is 0.0786. The summed E-state index contributed by atoms with van der Waals surface area (Å²) in [5.74, 6) is -0.618. The second kappa shape index (κ2) is 9.67. The van der Waals surface area contributed by atoms with Crippen LogP contribution in [0.1, 0.15) is 36.3 Å². The Morgan fingerprint density at radius 1 is 1.22 bits per heavy atom. The Kier molecular flexibility index (Phi) is 6.97. The molecule has 0 radical (unpaired) electrons. The molecule has 3 N–H and O–H groups in total. The first kappa shape index (κ1) is 23.1. The summed E-state index contributed by atoms with van der Waals surface area (Å²) in [4.78, 5) is 16.0. The first-order valence-corrected chi connectivity index (χ1v) is 10.1. The zero-order valence-electron chi connectivity index (χ0n) is 18.1. The van der Waals surface area contributed by atoms with Gasteiger partial charge in [0, 0.05) is 30.8 Å². The molecule has 2 heterocycles. The number of aromatic nitrogens is 3. The van der Waals surface area contributed by atoms with Gasteiger partial charge in [-0.1, -0.05) is 6.92 Å². The number of carbonyl (C=O) groups excluding carboxylic acids is 1. The minimum Gasteiger partial charge on any atom is -0.507 e. The average molecular weight is 441 g/mol. The molecule has 0 saturated heterocycles. The number of hydrogen-bond acceptors (Lipinski definition) is 6. The van der Waals surface area contributed by atoms with Crippen molar-refractivity contribution in [1.29, 1.82) is 0 Å². The molecule has 0 aliphatic heterocycles. The van der Waals surface area contributed by atoms with Gasteiger partial charge in [0.2, 0.25) is 0 Å². The number of halogens is 2. The van der Waals surface area contributed by atoms with E-state index in [4.69, 9.17) is 0 Å². The monoisotopic (exact) mass is 441 g/mol. The first-order valence-electron chi connectivity index (χ1n) is 10.1. The zero-order chi connectivity index (χ0) is 23.3. The molecule has 3 aromatic rings. The van der Waals surface area contributed by atoms with Crippen LogP contribution >= 0.6 is 0 Å². The van der Waals surface area contributed by atoms with Crippen LogP contribution in [0.25, 0.3) is 11.3 Å². The topological polar surface area (TPSA) is 100 Å². The molecular weight excluding hydrogens is 416 g/mol. The van der Waals surface area contributed by atoms with Crippen molar-refractivity contribution in [2.45, 2.75) is 31.9 Å². The van der Waals surface area contributed by atoms with E-state index in [1.165, 1.54) is 44.4 Å². The highest BCUT2D eigenvalue weighted by atomic mass is 19.1. The van der Waals surface area contributed by atoms with Crippen molar-refractivity contribution in [2.75, 3.05) is 18.9 Å². The maximum atomic E-state index is 14.4. The molecule has 1 amide bonds. The molecule has 0 aliphatic carbocycles. The highest BCUT2D eigenvalue weighted by Gasteiger charge is 2.33. The van der Waals surface area contributed by atoms with Crippen LogP contribution in [0.4, 0.5) is 14.6 Å². The Morgan fingerprint density at radius 2 is 2.00 bits per heavy atom. The van der Waals surface area contributed by atoms with Gasteiger partial charge in [-0.05, 0) is 55.8 Å². The number of benzene rings is 1. The van der Waals surface area contributed by atoms with Crippen LogP contribution in [0, 0.1) is 5.82 Å². The maximum absolute atomic E-state index is 14.4. The Morgan fingerprint density at radius 3 is 2.62 bits per heavy atom.